The summed E-state index contributed by atoms with van der Waals surface area (Å²) in [7, 11) is 6.29. The lowest BCUT2D eigenvalue weighted by molar-refractivity contribution is -0.873. The molecule has 5 heteroatoms. The molecule has 0 bridgehead atoms. The largest absolute Gasteiger partial charge is 0.462 e. The molecule has 0 heterocycles. The van der Waals surface area contributed by atoms with Crippen molar-refractivity contribution in [3.8, 4) is 0 Å². The molecule has 3 fully saturated rings. The van der Waals surface area contributed by atoms with Crippen molar-refractivity contribution in [1.29, 1.82) is 0 Å². The zero-order valence-corrected chi connectivity index (χ0v) is 39.3. The molecule has 4 aliphatic carbocycles. The molecule has 0 aromatic heterocycles. The second-order valence-electron chi connectivity index (χ2n) is 22.1. The van der Waals surface area contributed by atoms with Crippen LogP contribution in [-0.2, 0) is 19.1 Å². The molecule has 0 spiro atoms. The summed E-state index contributed by atoms with van der Waals surface area (Å²) in [5.41, 5.74) is 2.30. The van der Waals surface area contributed by atoms with E-state index in [4.69, 9.17) is 9.47 Å². The van der Waals surface area contributed by atoms with Crippen molar-refractivity contribution in [2.45, 2.75) is 234 Å². The SMILES string of the molecule is CCCCCCCCCCCCCCCCCC(=O)OC(CC(=O)O[C@H]1CC[C@@]2(C)C(=CC[C@H]3[C@@H]4CC[C@H]([C@H](C)CCCC(C)C)[C@@]4(C)CC[C@@H]32)C1)C[N+](C)(C)C. The van der Waals surface area contributed by atoms with E-state index < -0.39 is 6.10 Å². The number of esters is 2. The fourth-order valence-corrected chi connectivity index (χ4v) is 12.8. The summed E-state index contributed by atoms with van der Waals surface area (Å²) in [4.78, 5) is 26.4. The van der Waals surface area contributed by atoms with Crippen LogP contribution in [0.2, 0.25) is 0 Å². The van der Waals surface area contributed by atoms with Crippen LogP contribution in [0, 0.1) is 46.3 Å². The van der Waals surface area contributed by atoms with E-state index in [0.29, 0.717) is 22.9 Å². The quantitative estimate of drug-likeness (QED) is 0.0360. The van der Waals surface area contributed by atoms with Crippen molar-refractivity contribution in [3.05, 3.63) is 11.6 Å². The average molecular weight is 797 g/mol. The molecule has 0 amide bonds. The molecule has 1 unspecified atom stereocenters. The zero-order chi connectivity index (χ0) is 41.5. The number of rotatable bonds is 27. The highest BCUT2D eigenvalue weighted by molar-refractivity contribution is 5.72. The Balaban J connectivity index is 1.16. The first-order valence-corrected chi connectivity index (χ1v) is 25.0. The van der Waals surface area contributed by atoms with E-state index in [1.807, 2.05) is 0 Å². The molecule has 57 heavy (non-hydrogen) atoms. The van der Waals surface area contributed by atoms with Crippen molar-refractivity contribution in [2.75, 3.05) is 27.7 Å². The van der Waals surface area contributed by atoms with Gasteiger partial charge in [0.2, 0.25) is 0 Å². The van der Waals surface area contributed by atoms with E-state index in [2.05, 4.69) is 68.8 Å². The molecular weight excluding hydrogens is 703 g/mol. The van der Waals surface area contributed by atoms with Crippen LogP contribution >= 0.6 is 0 Å². The molecule has 0 N–H and O–H groups in total. The van der Waals surface area contributed by atoms with Gasteiger partial charge in [-0.15, -0.1) is 0 Å². The van der Waals surface area contributed by atoms with Crippen LogP contribution < -0.4 is 0 Å². The van der Waals surface area contributed by atoms with Crippen molar-refractivity contribution >= 4 is 11.9 Å². The molecule has 0 aromatic carbocycles. The normalized spacial score (nSPS) is 29.6. The summed E-state index contributed by atoms with van der Waals surface area (Å²) in [6, 6.07) is 0. The average Bonchev–Trinajstić information content (AvgIpc) is 3.49. The smallest absolute Gasteiger partial charge is 0.310 e. The van der Waals surface area contributed by atoms with Gasteiger partial charge in [-0.25, -0.2) is 0 Å². The van der Waals surface area contributed by atoms with Crippen LogP contribution in [0.15, 0.2) is 11.6 Å². The molecule has 330 valence electrons. The second kappa shape index (κ2) is 23.6. The lowest BCUT2D eigenvalue weighted by Crippen LogP contribution is -2.51. The number of carbonyl (C=O) groups is 2. The van der Waals surface area contributed by atoms with Gasteiger partial charge in [-0.1, -0.05) is 162 Å². The van der Waals surface area contributed by atoms with E-state index in [1.165, 1.54) is 135 Å². The number of nitrogens with zero attached hydrogens (tertiary/aromatic N) is 1. The number of ether oxygens (including phenoxy) is 2. The second-order valence-corrected chi connectivity index (χ2v) is 22.1. The highest BCUT2D eigenvalue weighted by atomic mass is 16.6. The van der Waals surface area contributed by atoms with Crippen molar-refractivity contribution in [3.63, 3.8) is 0 Å². The Bertz CT molecular complexity index is 1220. The third kappa shape index (κ3) is 14.9. The van der Waals surface area contributed by atoms with Gasteiger partial charge < -0.3 is 14.0 Å². The Hall–Kier alpha value is -1.36. The number of carbonyl (C=O) groups excluding carboxylic acids is 2. The maximum atomic E-state index is 13.5. The Morgan fingerprint density at radius 3 is 1.95 bits per heavy atom. The summed E-state index contributed by atoms with van der Waals surface area (Å²) >= 11 is 0. The first-order chi connectivity index (χ1) is 27.2. The maximum Gasteiger partial charge on any atom is 0.310 e. The number of unbranched alkanes of at least 4 members (excludes halogenated alkanes) is 14. The van der Waals surface area contributed by atoms with E-state index in [-0.39, 0.29) is 29.9 Å². The lowest BCUT2D eigenvalue weighted by atomic mass is 9.47. The first-order valence-electron chi connectivity index (χ1n) is 25.0. The summed E-state index contributed by atoms with van der Waals surface area (Å²) in [6.45, 7) is 15.4. The van der Waals surface area contributed by atoms with Gasteiger partial charge in [0.1, 0.15) is 12.6 Å². The number of fused-ring (bicyclic) bond motifs is 5. The molecule has 0 aromatic rings. The van der Waals surface area contributed by atoms with E-state index in [1.54, 1.807) is 5.57 Å². The number of allylic oxidation sites excluding steroid dienone is 1. The first kappa shape index (κ1) is 48.3. The van der Waals surface area contributed by atoms with Gasteiger partial charge in [0.25, 0.3) is 0 Å². The summed E-state index contributed by atoms with van der Waals surface area (Å²) < 4.78 is 12.9. The van der Waals surface area contributed by atoms with Crippen molar-refractivity contribution < 1.29 is 23.5 Å². The minimum Gasteiger partial charge on any atom is -0.462 e. The minimum atomic E-state index is -0.449. The standard InChI is InChI=1S/C52H94NO4/c1-10-11-12-13-14-15-16-17-18-19-20-21-22-23-24-28-49(54)57-44(39-53(7,8)9)38-50(55)56-43-33-35-51(5)42(37-43)29-30-45-47-32-31-46(41(4)27-25-26-40(2)3)52(47,6)36-34-48(45)51/h29,40-41,43-48H,10-28,30-39H2,1-9H3/q+1/t41-,43+,44?,45+,46-,47+,48+,51+,52-/m1/s1. The highest BCUT2D eigenvalue weighted by Crippen LogP contribution is 2.67. The van der Waals surface area contributed by atoms with Gasteiger partial charge in [-0.2, -0.15) is 0 Å². The summed E-state index contributed by atoms with van der Waals surface area (Å²) in [6.07, 6.45) is 36.2. The van der Waals surface area contributed by atoms with Crippen LogP contribution in [0.5, 0.6) is 0 Å². The lowest BCUT2D eigenvalue weighted by Gasteiger charge is -2.58. The molecular formula is C52H94NO4+. The van der Waals surface area contributed by atoms with E-state index in [9.17, 15) is 9.59 Å². The minimum absolute atomic E-state index is 0.0643. The number of hydrogen-bond acceptors (Lipinski definition) is 4. The Kier molecular flexibility index (Phi) is 20.0. The van der Waals surface area contributed by atoms with Crippen molar-refractivity contribution in [1.82, 2.24) is 0 Å². The van der Waals surface area contributed by atoms with Gasteiger partial charge >= 0.3 is 11.9 Å². The number of likely N-dealkylation sites (N-methyl/N-ethyl adjacent to an activating group) is 1. The van der Waals surface area contributed by atoms with Gasteiger partial charge in [-0.3, -0.25) is 9.59 Å². The third-order valence-corrected chi connectivity index (χ3v) is 16.0. The molecule has 0 aliphatic heterocycles. The van der Waals surface area contributed by atoms with E-state index in [0.717, 1.165) is 67.6 Å². The monoisotopic (exact) mass is 797 g/mol. The van der Waals surface area contributed by atoms with Gasteiger partial charge in [0.05, 0.1) is 27.6 Å². The van der Waals surface area contributed by atoms with Crippen LogP contribution in [0.1, 0.15) is 221 Å². The van der Waals surface area contributed by atoms with Gasteiger partial charge in [0.15, 0.2) is 6.10 Å². The highest BCUT2D eigenvalue weighted by Gasteiger charge is 2.59. The molecule has 5 nitrogen and oxygen atoms in total. The fourth-order valence-electron chi connectivity index (χ4n) is 12.8. The Labute approximate surface area is 353 Å². The number of hydrogen-bond donors (Lipinski definition) is 0. The molecule has 4 rings (SSSR count). The molecule has 0 radical (unpaired) electrons. The molecule has 4 aliphatic rings. The number of quaternary nitrogens is 1. The summed E-state index contributed by atoms with van der Waals surface area (Å²) in [5.74, 6) is 4.61. The Morgan fingerprint density at radius 2 is 1.35 bits per heavy atom. The van der Waals surface area contributed by atoms with Crippen molar-refractivity contribution in [2.24, 2.45) is 46.3 Å². The predicted octanol–water partition coefficient (Wildman–Crippen LogP) is 14.2. The summed E-state index contributed by atoms with van der Waals surface area (Å²) in [5, 5.41) is 0. The third-order valence-electron chi connectivity index (χ3n) is 16.0. The van der Waals surface area contributed by atoms with Crippen LogP contribution in [0.4, 0.5) is 0 Å². The predicted molar refractivity (Wildman–Crippen MR) is 240 cm³/mol. The fraction of sp³-hybridized carbons (Fsp3) is 0.923. The van der Waals surface area contributed by atoms with Crippen LogP contribution in [0.3, 0.4) is 0 Å². The molecule has 9 atom stereocenters. The Morgan fingerprint density at radius 1 is 0.737 bits per heavy atom. The van der Waals surface area contributed by atoms with Crippen LogP contribution in [-0.4, -0.2) is 56.3 Å². The van der Waals surface area contributed by atoms with Gasteiger partial charge in [0, 0.05) is 12.8 Å². The molecule has 0 saturated heterocycles. The topological polar surface area (TPSA) is 52.6 Å². The van der Waals surface area contributed by atoms with Crippen LogP contribution in [0.25, 0.3) is 0 Å². The zero-order valence-electron chi connectivity index (χ0n) is 39.3. The molecule has 3 saturated carbocycles. The van der Waals surface area contributed by atoms with E-state index >= 15 is 0 Å². The van der Waals surface area contributed by atoms with Gasteiger partial charge in [-0.05, 0) is 97.7 Å². The maximum absolute atomic E-state index is 13.5.